The first-order valence-electron chi connectivity index (χ1n) is 5.63. The summed E-state index contributed by atoms with van der Waals surface area (Å²) in [5.74, 6) is 0.841. The molecular weight excluding hydrogens is 244 g/mol. The van der Waals surface area contributed by atoms with Gasteiger partial charge in [-0.1, -0.05) is 0 Å². The lowest BCUT2D eigenvalue weighted by atomic mass is 10.2. The summed E-state index contributed by atoms with van der Waals surface area (Å²) in [4.78, 5) is 24.1. The highest BCUT2D eigenvalue weighted by atomic mass is 32.2. The molecule has 3 N–H and O–H groups in total. The number of rotatable bonds is 2. The van der Waals surface area contributed by atoms with Gasteiger partial charge in [-0.15, -0.1) is 0 Å². The van der Waals surface area contributed by atoms with Gasteiger partial charge in [0.2, 0.25) is 0 Å². The van der Waals surface area contributed by atoms with Gasteiger partial charge in [-0.2, -0.15) is 11.8 Å². The van der Waals surface area contributed by atoms with Crippen LogP contribution in [-0.2, 0) is 4.79 Å². The van der Waals surface area contributed by atoms with E-state index in [1.54, 1.807) is 11.8 Å². The first-order chi connectivity index (χ1) is 8.08. The van der Waals surface area contributed by atoms with Gasteiger partial charge in [0.25, 0.3) is 0 Å². The Hall–Kier alpha value is -0.950. The average molecular weight is 260 g/mol. The third kappa shape index (κ3) is 2.84. The van der Waals surface area contributed by atoms with E-state index in [2.05, 4.69) is 5.32 Å². The van der Waals surface area contributed by atoms with Gasteiger partial charge in [0.15, 0.2) is 0 Å². The van der Waals surface area contributed by atoms with Crippen molar-refractivity contribution in [1.82, 2.24) is 10.2 Å². The maximum absolute atomic E-state index is 11.9. The van der Waals surface area contributed by atoms with Gasteiger partial charge < -0.3 is 20.4 Å². The minimum atomic E-state index is -1.06. The highest BCUT2D eigenvalue weighted by molar-refractivity contribution is 7.99. The predicted molar refractivity (Wildman–Crippen MR) is 63.0 cm³/mol. The van der Waals surface area contributed by atoms with E-state index in [1.165, 1.54) is 4.90 Å². The molecule has 6 nitrogen and oxygen atoms in total. The summed E-state index contributed by atoms with van der Waals surface area (Å²) in [7, 11) is 0. The molecule has 3 atom stereocenters. The second-order valence-corrected chi connectivity index (χ2v) is 5.56. The summed E-state index contributed by atoms with van der Waals surface area (Å²) >= 11 is 1.78. The largest absolute Gasteiger partial charge is 0.480 e. The Labute approximate surface area is 103 Å². The van der Waals surface area contributed by atoms with Crippen molar-refractivity contribution in [3.8, 4) is 0 Å². The molecule has 0 aliphatic carbocycles. The third-order valence-electron chi connectivity index (χ3n) is 3.08. The maximum Gasteiger partial charge on any atom is 0.326 e. The van der Waals surface area contributed by atoms with Gasteiger partial charge in [-0.3, -0.25) is 0 Å². The number of carboxylic acid groups (broad SMARTS) is 1. The lowest BCUT2D eigenvalue weighted by molar-refractivity contribution is -0.141. The highest BCUT2D eigenvalue weighted by Gasteiger charge is 2.39. The molecule has 2 aliphatic heterocycles. The summed E-state index contributed by atoms with van der Waals surface area (Å²) in [6.45, 7) is 0.0999. The molecule has 0 radical (unpaired) electrons. The number of hydrogen-bond acceptors (Lipinski definition) is 4. The normalized spacial score (nSPS) is 32.8. The van der Waals surface area contributed by atoms with Crippen LogP contribution in [0.1, 0.15) is 12.8 Å². The van der Waals surface area contributed by atoms with Crippen LogP contribution < -0.4 is 5.32 Å². The molecule has 0 aromatic heterocycles. The number of thioether (sulfide) groups is 1. The van der Waals surface area contributed by atoms with E-state index >= 15 is 0 Å². The fraction of sp³-hybridized carbons (Fsp3) is 0.800. The van der Waals surface area contributed by atoms with Crippen LogP contribution in [0.15, 0.2) is 0 Å². The molecule has 0 aromatic carbocycles. The van der Waals surface area contributed by atoms with Crippen molar-refractivity contribution in [2.45, 2.75) is 31.0 Å². The predicted octanol–water partition coefficient (Wildman–Crippen LogP) is -0.279. The second kappa shape index (κ2) is 5.14. The number of hydrogen-bond donors (Lipinski definition) is 3. The van der Waals surface area contributed by atoms with E-state index in [9.17, 15) is 14.7 Å². The summed E-state index contributed by atoms with van der Waals surface area (Å²) in [6, 6.07) is -1.15. The van der Waals surface area contributed by atoms with Crippen LogP contribution in [0.3, 0.4) is 0 Å². The Morgan fingerprint density at radius 3 is 2.76 bits per heavy atom. The smallest absolute Gasteiger partial charge is 0.326 e. The summed E-state index contributed by atoms with van der Waals surface area (Å²) in [5.41, 5.74) is 0. The van der Waals surface area contributed by atoms with Crippen LogP contribution in [0.2, 0.25) is 0 Å². The Balaban J connectivity index is 1.94. The van der Waals surface area contributed by atoms with E-state index in [4.69, 9.17) is 5.11 Å². The van der Waals surface area contributed by atoms with Crippen LogP contribution in [0.4, 0.5) is 4.79 Å². The Bertz CT molecular complexity index is 319. The maximum atomic E-state index is 11.9. The van der Waals surface area contributed by atoms with Crippen LogP contribution in [0.5, 0.6) is 0 Å². The molecule has 2 amide bonds. The van der Waals surface area contributed by atoms with Crippen molar-refractivity contribution in [2.24, 2.45) is 0 Å². The number of amides is 2. The Morgan fingerprint density at radius 1 is 1.41 bits per heavy atom. The minimum absolute atomic E-state index is 0.0999. The topological polar surface area (TPSA) is 89.9 Å². The number of carbonyl (C=O) groups excluding carboxylic acids is 1. The molecule has 96 valence electrons. The van der Waals surface area contributed by atoms with E-state index in [1.807, 2.05) is 0 Å². The molecule has 0 saturated carbocycles. The SMILES string of the molecule is O=C(O)[C@@H]1C[C@@H](O)CN1C(=O)NC1CCSC1. The number of urea groups is 1. The first-order valence-corrected chi connectivity index (χ1v) is 6.79. The third-order valence-corrected chi connectivity index (χ3v) is 4.24. The fourth-order valence-corrected chi connectivity index (χ4v) is 3.33. The number of β-amino-alcohol motifs (C(OH)–C–C–N with tert-alkyl or cyclic N) is 1. The van der Waals surface area contributed by atoms with Crippen molar-refractivity contribution in [1.29, 1.82) is 0 Å². The van der Waals surface area contributed by atoms with Crippen molar-refractivity contribution in [2.75, 3.05) is 18.1 Å². The fourth-order valence-electron chi connectivity index (χ4n) is 2.18. The number of nitrogens with zero attached hydrogens (tertiary/aromatic N) is 1. The number of aliphatic hydroxyl groups excluding tert-OH is 1. The lowest BCUT2D eigenvalue weighted by Crippen LogP contribution is -2.49. The van der Waals surface area contributed by atoms with Gasteiger partial charge in [0, 0.05) is 24.8 Å². The lowest BCUT2D eigenvalue weighted by Gasteiger charge is -2.23. The van der Waals surface area contributed by atoms with E-state index < -0.39 is 18.1 Å². The molecule has 2 rings (SSSR count). The molecule has 2 heterocycles. The molecule has 0 aromatic rings. The highest BCUT2D eigenvalue weighted by Crippen LogP contribution is 2.20. The summed E-state index contributed by atoms with van der Waals surface area (Å²) in [6.07, 6.45) is 0.298. The monoisotopic (exact) mass is 260 g/mol. The van der Waals surface area contributed by atoms with Crippen LogP contribution in [0.25, 0.3) is 0 Å². The number of likely N-dealkylation sites (tertiary alicyclic amines) is 1. The van der Waals surface area contributed by atoms with E-state index in [0.29, 0.717) is 0 Å². The first kappa shape index (κ1) is 12.5. The van der Waals surface area contributed by atoms with Crippen molar-refractivity contribution in [3.05, 3.63) is 0 Å². The molecule has 1 unspecified atom stereocenters. The van der Waals surface area contributed by atoms with Gasteiger partial charge >= 0.3 is 12.0 Å². The van der Waals surface area contributed by atoms with Crippen LogP contribution >= 0.6 is 11.8 Å². The van der Waals surface area contributed by atoms with Gasteiger partial charge in [-0.05, 0) is 12.2 Å². The zero-order chi connectivity index (χ0) is 12.4. The quantitative estimate of drug-likeness (QED) is 0.635. The van der Waals surface area contributed by atoms with Crippen LogP contribution in [-0.4, -0.2) is 63.4 Å². The minimum Gasteiger partial charge on any atom is -0.480 e. The van der Waals surface area contributed by atoms with E-state index in [0.717, 1.165) is 17.9 Å². The molecule has 17 heavy (non-hydrogen) atoms. The van der Waals surface area contributed by atoms with Crippen molar-refractivity contribution in [3.63, 3.8) is 0 Å². The van der Waals surface area contributed by atoms with Gasteiger partial charge in [0.05, 0.1) is 6.10 Å². The number of carbonyl (C=O) groups is 2. The zero-order valence-electron chi connectivity index (χ0n) is 9.33. The number of nitrogens with one attached hydrogen (secondary N) is 1. The van der Waals surface area contributed by atoms with Gasteiger partial charge in [0.1, 0.15) is 6.04 Å². The van der Waals surface area contributed by atoms with Crippen molar-refractivity contribution >= 4 is 23.8 Å². The van der Waals surface area contributed by atoms with E-state index in [-0.39, 0.29) is 25.0 Å². The Kier molecular flexibility index (Phi) is 3.78. The van der Waals surface area contributed by atoms with Crippen molar-refractivity contribution < 1.29 is 19.8 Å². The zero-order valence-corrected chi connectivity index (χ0v) is 10.2. The average Bonchev–Trinajstić information content (AvgIpc) is 2.86. The number of aliphatic carboxylic acids is 1. The van der Waals surface area contributed by atoms with Crippen LogP contribution in [0, 0.1) is 0 Å². The second-order valence-electron chi connectivity index (χ2n) is 4.41. The molecule has 0 bridgehead atoms. The molecule has 7 heteroatoms. The van der Waals surface area contributed by atoms with Gasteiger partial charge in [-0.25, -0.2) is 9.59 Å². The Morgan fingerprint density at radius 2 is 2.18 bits per heavy atom. The standard InChI is InChI=1S/C10H16N2O4S/c13-7-3-8(9(14)15)12(4-7)10(16)11-6-1-2-17-5-6/h6-8,13H,1-5H2,(H,11,16)(H,14,15)/t6?,7-,8+/m1/s1. The molecule has 2 fully saturated rings. The molecular formula is C10H16N2O4S. The summed E-state index contributed by atoms with van der Waals surface area (Å²) < 4.78 is 0. The summed E-state index contributed by atoms with van der Waals surface area (Å²) in [5, 5.41) is 21.2. The number of aliphatic hydroxyl groups is 1. The molecule has 2 aliphatic rings. The molecule has 0 spiro atoms. The molecule has 2 saturated heterocycles. The number of carboxylic acids is 1.